The highest BCUT2D eigenvalue weighted by atomic mass is 32.1. The van der Waals surface area contributed by atoms with Crippen molar-refractivity contribution in [2.75, 3.05) is 7.05 Å². The number of halogens is 1. The summed E-state index contributed by atoms with van der Waals surface area (Å²) in [5, 5.41) is 0. The summed E-state index contributed by atoms with van der Waals surface area (Å²) in [6, 6.07) is 8.11. The molecule has 1 heterocycles. The van der Waals surface area contributed by atoms with Crippen LogP contribution in [0.4, 0.5) is 4.39 Å². The molecule has 0 aliphatic heterocycles. The molecule has 2 nitrogen and oxygen atoms in total. The molecule has 1 aromatic heterocycles. The number of hydrogen-bond acceptors (Lipinski definition) is 2. The number of carbonyl (C=O) groups excluding carboxylic acids is 1. The maximum atomic E-state index is 12.9. The summed E-state index contributed by atoms with van der Waals surface area (Å²) in [6.45, 7) is 5.96. The van der Waals surface area contributed by atoms with Crippen molar-refractivity contribution in [2.24, 2.45) is 0 Å². The van der Waals surface area contributed by atoms with E-state index in [1.807, 2.05) is 26.8 Å². The Labute approximate surface area is 122 Å². The van der Waals surface area contributed by atoms with Gasteiger partial charge in [0.15, 0.2) is 0 Å². The lowest BCUT2D eigenvalue weighted by Gasteiger charge is -2.24. The minimum Gasteiger partial charge on any atom is -0.334 e. The number of rotatable bonds is 3. The van der Waals surface area contributed by atoms with E-state index < -0.39 is 0 Å². The number of thiophene rings is 1. The van der Waals surface area contributed by atoms with Gasteiger partial charge in [0.05, 0.1) is 10.9 Å². The smallest absolute Gasteiger partial charge is 0.264 e. The Bertz CT molecular complexity index is 598. The quantitative estimate of drug-likeness (QED) is 0.824. The summed E-state index contributed by atoms with van der Waals surface area (Å²) in [6.07, 6.45) is 0. The maximum Gasteiger partial charge on any atom is 0.264 e. The van der Waals surface area contributed by atoms with Crippen molar-refractivity contribution in [2.45, 2.75) is 26.8 Å². The minimum atomic E-state index is -0.264. The van der Waals surface area contributed by atoms with Crippen LogP contribution in [-0.4, -0.2) is 17.9 Å². The van der Waals surface area contributed by atoms with Crippen molar-refractivity contribution in [1.82, 2.24) is 4.90 Å². The van der Waals surface area contributed by atoms with Crippen molar-refractivity contribution in [1.29, 1.82) is 0 Å². The Kier molecular flexibility index (Phi) is 4.23. The lowest BCUT2D eigenvalue weighted by molar-refractivity contribution is 0.0747. The van der Waals surface area contributed by atoms with Crippen LogP contribution in [0, 0.1) is 19.7 Å². The Morgan fingerprint density at radius 1 is 1.25 bits per heavy atom. The van der Waals surface area contributed by atoms with Crippen LogP contribution in [0.15, 0.2) is 30.3 Å². The van der Waals surface area contributed by atoms with Crippen LogP contribution < -0.4 is 0 Å². The third-order valence-corrected chi connectivity index (χ3v) is 4.77. The van der Waals surface area contributed by atoms with Crippen molar-refractivity contribution in [3.8, 4) is 0 Å². The van der Waals surface area contributed by atoms with E-state index >= 15 is 0 Å². The molecule has 1 unspecified atom stereocenters. The third kappa shape index (κ3) is 2.90. The Balaban J connectivity index is 2.19. The van der Waals surface area contributed by atoms with E-state index in [1.54, 1.807) is 24.1 Å². The Hall–Kier alpha value is -1.68. The van der Waals surface area contributed by atoms with Gasteiger partial charge in [-0.15, -0.1) is 11.3 Å². The van der Waals surface area contributed by atoms with E-state index in [2.05, 4.69) is 0 Å². The average molecular weight is 291 g/mol. The standard InChI is InChI=1S/C16H18FNOS/c1-10-9-15(20-12(10)3)16(19)18(4)11(2)13-5-7-14(17)8-6-13/h5-9,11H,1-4H3. The van der Waals surface area contributed by atoms with Crippen LogP contribution in [0.3, 0.4) is 0 Å². The van der Waals surface area contributed by atoms with Gasteiger partial charge in [0.1, 0.15) is 5.82 Å². The molecule has 4 heteroatoms. The molecule has 0 fully saturated rings. The molecule has 106 valence electrons. The second-order valence-corrected chi connectivity index (χ2v) is 6.25. The van der Waals surface area contributed by atoms with Gasteiger partial charge in [-0.1, -0.05) is 12.1 Å². The number of hydrogen-bond donors (Lipinski definition) is 0. The molecule has 0 saturated heterocycles. The minimum absolute atomic E-state index is 0.00280. The molecule has 20 heavy (non-hydrogen) atoms. The topological polar surface area (TPSA) is 20.3 Å². The van der Waals surface area contributed by atoms with Crippen LogP contribution in [0.5, 0.6) is 0 Å². The van der Waals surface area contributed by atoms with Crippen molar-refractivity contribution in [3.63, 3.8) is 0 Å². The summed E-state index contributed by atoms with van der Waals surface area (Å²) in [4.78, 5) is 16.1. The SMILES string of the molecule is Cc1cc(C(=O)N(C)C(C)c2ccc(F)cc2)sc1C. The van der Waals surface area contributed by atoms with Gasteiger partial charge in [-0.2, -0.15) is 0 Å². The van der Waals surface area contributed by atoms with Gasteiger partial charge >= 0.3 is 0 Å². The summed E-state index contributed by atoms with van der Waals surface area (Å²) in [7, 11) is 1.78. The van der Waals surface area contributed by atoms with E-state index in [1.165, 1.54) is 23.5 Å². The van der Waals surface area contributed by atoms with Crippen LogP contribution in [0.25, 0.3) is 0 Å². The van der Waals surface area contributed by atoms with E-state index in [0.717, 1.165) is 20.9 Å². The second kappa shape index (κ2) is 5.75. The normalized spacial score (nSPS) is 12.2. The molecular formula is C16H18FNOS. The van der Waals surface area contributed by atoms with E-state index in [9.17, 15) is 9.18 Å². The zero-order valence-corrected chi connectivity index (χ0v) is 12.9. The molecule has 1 aromatic carbocycles. The van der Waals surface area contributed by atoms with E-state index in [-0.39, 0.29) is 17.8 Å². The van der Waals surface area contributed by atoms with Gasteiger partial charge in [-0.3, -0.25) is 4.79 Å². The monoisotopic (exact) mass is 291 g/mol. The molecule has 0 aliphatic carbocycles. The first-order valence-corrected chi connectivity index (χ1v) is 7.31. The Morgan fingerprint density at radius 3 is 2.35 bits per heavy atom. The van der Waals surface area contributed by atoms with Crippen molar-refractivity contribution >= 4 is 17.2 Å². The number of aryl methyl sites for hydroxylation is 2. The molecule has 1 amide bonds. The fourth-order valence-corrected chi connectivity index (χ4v) is 3.01. The molecule has 0 bridgehead atoms. The van der Waals surface area contributed by atoms with Gasteiger partial charge < -0.3 is 4.90 Å². The molecule has 2 rings (SSSR count). The summed E-state index contributed by atoms with van der Waals surface area (Å²) in [5.41, 5.74) is 2.06. The van der Waals surface area contributed by atoms with Crippen LogP contribution in [0.1, 0.15) is 38.6 Å². The highest BCUT2D eigenvalue weighted by Gasteiger charge is 2.20. The van der Waals surface area contributed by atoms with Crippen LogP contribution in [-0.2, 0) is 0 Å². The van der Waals surface area contributed by atoms with Crippen molar-refractivity contribution in [3.05, 3.63) is 57.0 Å². The largest absolute Gasteiger partial charge is 0.334 e. The van der Waals surface area contributed by atoms with Gasteiger partial charge in [0, 0.05) is 11.9 Å². The maximum absolute atomic E-state index is 12.9. The first kappa shape index (κ1) is 14.7. The molecule has 0 N–H and O–H groups in total. The van der Waals surface area contributed by atoms with Gasteiger partial charge in [-0.25, -0.2) is 4.39 Å². The summed E-state index contributed by atoms with van der Waals surface area (Å²) < 4.78 is 12.9. The predicted octanol–water partition coefficient (Wildman–Crippen LogP) is 4.34. The van der Waals surface area contributed by atoms with Crippen LogP contribution in [0.2, 0.25) is 0 Å². The summed E-state index contributed by atoms with van der Waals surface area (Å²) in [5.74, 6) is -0.262. The number of amides is 1. The highest BCUT2D eigenvalue weighted by molar-refractivity contribution is 7.14. The lowest BCUT2D eigenvalue weighted by Crippen LogP contribution is -2.29. The number of carbonyl (C=O) groups is 1. The van der Waals surface area contributed by atoms with Gasteiger partial charge in [0.2, 0.25) is 0 Å². The highest BCUT2D eigenvalue weighted by Crippen LogP contribution is 2.26. The fourth-order valence-electron chi connectivity index (χ4n) is 1.99. The van der Waals surface area contributed by atoms with Crippen LogP contribution >= 0.6 is 11.3 Å². The molecular weight excluding hydrogens is 273 g/mol. The second-order valence-electron chi connectivity index (χ2n) is 4.99. The lowest BCUT2D eigenvalue weighted by atomic mass is 10.1. The Morgan fingerprint density at radius 2 is 1.85 bits per heavy atom. The molecule has 0 spiro atoms. The molecule has 0 aliphatic rings. The fraction of sp³-hybridized carbons (Fsp3) is 0.312. The predicted molar refractivity (Wildman–Crippen MR) is 80.7 cm³/mol. The molecule has 2 aromatic rings. The molecule has 0 radical (unpaired) electrons. The van der Waals surface area contributed by atoms with Gasteiger partial charge in [0.25, 0.3) is 5.91 Å². The van der Waals surface area contributed by atoms with E-state index in [0.29, 0.717) is 0 Å². The number of benzene rings is 1. The third-order valence-electron chi connectivity index (χ3n) is 3.63. The average Bonchev–Trinajstić information content (AvgIpc) is 2.77. The van der Waals surface area contributed by atoms with E-state index in [4.69, 9.17) is 0 Å². The first-order chi connectivity index (χ1) is 9.40. The zero-order valence-electron chi connectivity index (χ0n) is 12.1. The molecule has 0 saturated carbocycles. The summed E-state index contributed by atoms with van der Waals surface area (Å²) >= 11 is 1.51. The number of nitrogens with zero attached hydrogens (tertiary/aromatic N) is 1. The van der Waals surface area contributed by atoms with Gasteiger partial charge in [-0.05, 0) is 50.1 Å². The zero-order chi connectivity index (χ0) is 14.9. The first-order valence-electron chi connectivity index (χ1n) is 6.50. The molecule has 1 atom stereocenters. The van der Waals surface area contributed by atoms with Crippen molar-refractivity contribution < 1.29 is 9.18 Å².